The van der Waals surface area contributed by atoms with Crippen LogP contribution in [0, 0.1) is 0 Å². The molecule has 0 saturated carbocycles. The quantitative estimate of drug-likeness (QED) is 0.844. The third-order valence-corrected chi connectivity index (χ3v) is 4.20. The summed E-state index contributed by atoms with van der Waals surface area (Å²) in [6, 6.07) is 6.78. The number of likely N-dealkylation sites (N-methyl/N-ethyl adjacent to an activating group) is 1. The number of nitrogens with one attached hydrogen (secondary N) is 1. The van der Waals surface area contributed by atoms with Crippen molar-refractivity contribution >= 4 is 11.9 Å². The highest BCUT2D eigenvalue weighted by molar-refractivity contribution is 5.83. The van der Waals surface area contributed by atoms with Gasteiger partial charge in [-0.3, -0.25) is 0 Å². The molecular weight excluding hydrogens is 248 g/mol. The van der Waals surface area contributed by atoms with E-state index in [9.17, 15) is 0 Å². The van der Waals surface area contributed by atoms with Gasteiger partial charge in [0.25, 0.3) is 0 Å². The molecule has 1 N–H and O–H groups in total. The molecule has 3 rings (SSSR count). The van der Waals surface area contributed by atoms with Gasteiger partial charge in [-0.1, -0.05) is 6.07 Å². The van der Waals surface area contributed by atoms with E-state index in [0.29, 0.717) is 0 Å². The molecule has 0 atom stereocenters. The second kappa shape index (κ2) is 5.09. The van der Waals surface area contributed by atoms with Gasteiger partial charge in [-0.25, -0.2) is 0 Å². The Labute approximate surface area is 121 Å². The van der Waals surface area contributed by atoms with E-state index in [0.717, 1.165) is 32.6 Å². The van der Waals surface area contributed by atoms with Crippen LogP contribution in [0.1, 0.15) is 25.0 Å². The van der Waals surface area contributed by atoms with Crippen LogP contribution in [-0.4, -0.2) is 49.9 Å². The van der Waals surface area contributed by atoms with E-state index < -0.39 is 0 Å². The molecule has 0 radical (unpaired) electrons. The average molecular weight is 272 g/mol. The van der Waals surface area contributed by atoms with E-state index in [4.69, 9.17) is 0 Å². The minimum Gasteiger partial charge on any atom is -0.369 e. The third-order valence-electron chi connectivity index (χ3n) is 4.20. The van der Waals surface area contributed by atoms with Crippen molar-refractivity contribution in [2.45, 2.75) is 25.8 Å². The summed E-state index contributed by atoms with van der Waals surface area (Å²) in [6.45, 7) is 8.91. The van der Waals surface area contributed by atoms with Crippen molar-refractivity contribution in [3.05, 3.63) is 29.3 Å². The first-order valence-corrected chi connectivity index (χ1v) is 7.40. The molecule has 0 aromatic heterocycles. The lowest BCUT2D eigenvalue weighted by Crippen LogP contribution is -2.44. The predicted octanol–water partition coefficient (Wildman–Crippen LogP) is 1.70. The number of hydrogen-bond acceptors (Lipinski definition) is 4. The molecule has 1 fully saturated rings. The van der Waals surface area contributed by atoms with E-state index in [1.54, 1.807) is 0 Å². The van der Waals surface area contributed by atoms with Gasteiger partial charge in [-0.05, 0) is 50.6 Å². The Morgan fingerprint density at radius 2 is 1.90 bits per heavy atom. The summed E-state index contributed by atoms with van der Waals surface area (Å²) < 4.78 is 0. The molecule has 2 aliphatic heterocycles. The smallest absolute Gasteiger partial charge is 0.0543 e. The zero-order chi connectivity index (χ0) is 14.2. The molecule has 108 valence electrons. The summed E-state index contributed by atoms with van der Waals surface area (Å²) in [5.41, 5.74) is 7.21. The van der Waals surface area contributed by atoms with Gasteiger partial charge < -0.3 is 15.2 Å². The molecule has 4 nitrogen and oxygen atoms in total. The zero-order valence-corrected chi connectivity index (χ0v) is 12.7. The molecule has 2 aliphatic rings. The molecule has 0 unspecified atom stereocenters. The van der Waals surface area contributed by atoms with Gasteiger partial charge in [-0.15, -0.1) is 0 Å². The number of fused-ring (bicyclic) bond motifs is 1. The van der Waals surface area contributed by atoms with Crippen LogP contribution < -0.4 is 10.3 Å². The van der Waals surface area contributed by atoms with E-state index in [-0.39, 0.29) is 5.54 Å². The fourth-order valence-corrected chi connectivity index (χ4v) is 2.92. The van der Waals surface area contributed by atoms with Gasteiger partial charge in [0.1, 0.15) is 0 Å². The van der Waals surface area contributed by atoms with Crippen LogP contribution in [0.4, 0.5) is 5.69 Å². The lowest BCUT2D eigenvalue weighted by molar-refractivity contribution is 0.313. The number of anilines is 1. The summed E-state index contributed by atoms with van der Waals surface area (Å²) >= 11 is 0. The number of rotatable bonds is 1. The fraction of sp³-hybridized carbons (Fsp3) is 0.562. The Morgan fingerprint density at radius 1 is 1.15 bits per heavy atom. The highest BCUT2D eigenvalue weighted by Gasteiger charge is 2.22. The SMILES string of the molecule is CN1CCN(c2ccc3c(c2)CC(C)(C)NN=C3)CC1. The topological polar surface area (TPSA) is 30.9 Å². The number of piperazine rings is 1. The maximum absolute atomic E-state index is 4.32. The van der Waals surface area contributed by atoms with E-state index in [1.807, 2.05) is 6.21 Å². The number of nitrogens with zero attached hydrogens (tertiary/aromatic N) is 3. The second-order valence-electron chi connectivity index (χ2n) is 6.60. The summed E-state index contributed by atoms with van der Waals surface area (Å²) in [5, 5.41) is 4.32. The monoisotopic (exact) mass is 272 g/mol. The van der Waals surface area contributed by atoms with Gasteiger partial charge in [-0.2, -0.15) is 5.10 Å². The largest absolute Gasteiger partial charge is 0.369 e. The van der Waals surface area contributed by atoms with E-state index in [1.165, 1.54) is 16.8 Å². The molecule has 2 heterocycles. The minimum atomic E-state index is 0.0164. The maximum atomic E-state index is 4.32. The molecule has 0 amide bonds. The Morgan fingerprint density at radius 3 is 2.65 bits per heavy atom. The van der Waals surface area contributed by atoms with E-state index >= 15 is 0 Å². The summed E-state index contributed by atoms with van der Waals surface area (Å²) in [6.07, 6.45) is 2.95. The van der Waals surface area contributed by atoms with Crippen molar-refractivity contribution in [3.63, 3.8) is 0 Å². The van der Waals surface area contributed by atoms with Gasteiger partial charge >= 0.3 is 0 Å². The fourth-order valence-electron chi connectivity index (χ4n) is 2.92. The lowest BCUT2D eigenvalue weighted by atomic mass is 9.93. The van der Waals surface area contributed by atoms with Crippen LogP contribution >= 0.6 is 0 Å². The summed E-state index contributed by atoms with van der Waals surface area (Å²) in [7, 11) is 2.19. The predicted molar refractivity (Wildman–Crippen MR) is 84.7 cm³/mol. The highest BCUT2D eigenvalue weighted by Crippen LogP contribution is 2.25. The Balaban J connectivity index is 1.85. The van der Waals surface area contributed by atoms with Crippen LogP contribution in [0.25, 0.3) is 0 Å². The van der Waals surface area contributed by atoms with Gasteiger partial charge in [0, 0.05) is 31.9 Å². The Bertz CT molecular complexity index is 513. The van der Waals surface area contributed by atoms with Gasteiger partial charge in [0.15, 0.2) is 0 Å². The van der Waals surface area contributed by atoms with Crippen LogP contribution in [0.2, 0.25) is 0 Å². The van der Waals surface area contributed by atoms with E-state index in [2.05, 4.69) is 59.4 Å². The lowest BCUT2D eigenvalue weighted by Gasteiger charge is -2.34. The van der Waals surface area contributed by atoms with Crippen molar-refractivity contribution < 1.29 is 0 Å². The zero-order valence-electron chi connectivity index (χ0n) is 12.7. The molecule has 4 heteroatoms. The highest BCUT2D eigenvalue weighted by atomic mass is 15.3. The Hall–Kier alpha value is -1.55. The first kappa shape index (κ1) is 13.4. The van der Waals surface area contributed by atoms with Crippen LogP contribution in [0.15, 0.2) is 23.3 Å². The summed E-state index contributed by atoms with van der Waals surface area (Å²) in [4.78, 5) is 4.88. The molecule has 0 spiro atoms. The molecule has 0 aliphatic carbocycles. The standard InChI is InChI=1S/C16H24N4/c1-16(2)11-14-10-15(5-4-13(14)12-17-18-16)20-8-6-19(3)7-9-20/h4-5,10,12,18H,6-9,11H2,1-3H3. The van der Waals surface area contributed by atoms with Crippen LogP contribution in [0.5, 0.6) is 0 Å². The third kappa shape index (κ3) is 2.80. The van der Waals surface area contributed by atoms with Crippen molar-refractivity contribution in [2.75, 3.05) is 38.1 Å². The second-order valence-corrected chi connectivity index (χ2v) is 6.60. The Kier molecular flexibility index (Phi) is 3.42. The van der Waals surface area contributed by atoms with Crippen molar-refractivity contribution in [1.82, 2.24) is 10.3 Å². The van der Waals surface area contributed by atoms with Crippen LogP contribution in [0.3, 0.4) is 0 Å². The minimum absolute atomic E-state index is 0.0164. The van der Waals surface area contributed by atoms with Gasteiger partial charge in [0.2, 0.25) is 0 Å². The molecule has 0 bridgehead atoms. The maximum Gasteiger partial charge on any atom is 0.0543 e. The van der Waals surface area contributed by atoms with Gasteiger partial charge in [0.05, 0.1) is 11.8 Å². The molecule has 20 heavy (non-hydrogen) atoms. The van der Waals surface area contributed by atoms with Crippen molar-refractivity contribution in [1.29, 1.82) is 0 Å². The van der Waals surface area contributed by atoms with Crippen molar-refractivity contribution in [3.8, 4) is 0 Å². The number of benzene rings is 1. The molecule has 1 aromatic rings. The average Bonchev–Trinajstić information content (AvgIpc) is 2.55. The summed E-state index contributed by atoms with van der Waals surface area (Å²) in [5.74, 6) is 0. The van der Waals surface area contributed by atoms with Crippen molar-refractivity contribution in [2.24, 2.45) is 5.10 Å². The first-order valence-electron chi connectivity index (χ1n) is 7.40. The molecule has 1 saturated heterocycles. The molecular formula is C16H24N4. The number of hydrazone groups is 1. The number of hydrogen-bond donors (Lipinski definition) is 1. The van der Waals surface area contributed by atoms with Crippen LogP contribution in [-0.2, 0) is 6.42 Å². The first-order chi connectivity index (χ1) is 9.53. The molecule has 1 aromatic carbocycles. The normalized spacial score (nSPS) is 22.1.